The van der Waals surface area contributed by atoms with Crippen LogP contribution in [-0.2, 0) is 34.8 Å². The molecule has 2 aliphatic rings. The van der Waals surface area contributed by atoms with E-state index in [0.717, 1.165) is 36.9 Å². The van der Waals surface area contributed by atoms with E-state index in [9.17, 15) is 14.1 Å². The molecule has 0 saturated heterocycles. The molecule has 1 fully saturated rings. The number of nitrogens with zero attached hydrogens (tertiary/aromatic N) is 1. The highest BCUT2D eigenvalue weighted by Crippen LogP contribution is 2.43. The fourth-order valence-electron chi connectivity index (χ4n) is 5.08. The Morgan fingerprint density at radius 3 is 2.41 bits per heavy atom. The molecule has 1 aromatic carbocycles. The summed E-state index contributed by atoms with van der Waals surface area (Å²) in [6.07, 6.45) is 8.89. The summed E-state index contributed by atoms with van der Waals surface area (Å²) in [6, 6.07) is 5.29. The summed E-state index contributed by atoms with van der Waals surface area (Å²) in [6.45, 7) is 13.2. The number of benzene rings is 1. The molecule has 4 rings (SSSR count). The Labute approximate surface area is 223 Å². The van der Waals surface area contributed by atoms with E-state index >= 15 is 0 Å². The maximum Gasteiger partial charge on any atom is 0.326 e. The third-order valence-corrected chi connectivity index (χ3v) is 17.1. The Balaban J connectivity index is 1.78. The Bertz CT molecular complexity index is 1280. The van der Waals surface area contributed by atoms with Gasteiger partial charge in [0.25, 0.3) is 0 Å². The van der Waals surface area contributed by atoms with Crippen LogP contribution in [0.15, 0.2) is 34.0 Å². The number of hydrogen-bond acceptors (Lipinski definition) is 5. The van der Waals surface area contributed by atoms with Crippen LogP contribution >= 0.6 is 0 Å². The second-order valence-corrected chi connectivity index (χ2v) is 20.1. The molecule has 1 unspecified atom stereocenters. The summed E-state index contributed by atoms with van der Waals surface area (Å²) in [5.41, 5.74) is 3.62. The lowest BCUT2D eigenvalue weighted by molar-refractivity contribution is 0.0779. The molecule has 2 amide bonds. The lowest BCUT2D eigenvalue weighted by Crippen LogP contribution is -2.60. The molecule has 0 spiro atoms. The molecule has 1 saturated carbocycles. The van der Waals surface area contributed by atoms with E-state index in [2.05, 4.69) is 17.4 Å². The van der Waals surface area contributed by atoms with Crippen LogP contribution < -0.4 is 5.32 Å². The maximum atomic E-state index is 14.3. The quantitative estimate of drug-likeness (QED) is 0.320. The van der Waals surface area contributed by atoms with E-state index in [1.165, 1.54) is 46.7 Å². The number of hydrogen-bond donors (Lipinski definition) is 3. The number of nitrogens with one attached hydrogen (secondary N) is 2. The van der Waals surface area contributed by atoms with Crippen molar-refractivity contribution in [1.82, 2.24) is 3.97 Å². The van der Waals surface area contributed by atoms with E-state index in [1.807, 2.05) is 33.9 Å². The summed E-state index contributed by atoms with van der Waals surface area (Å²) in [5, 5.41) is 13.1. The molecule has 37 heavy (non-hydrogen) atoms. The normalized spacial score (nSPS) is 18.2. The van der Waals surface area contributed by atoms with Gasteiger partial charge in [-0.05, 0) is 80.3 Å². The fourth-order valence-corrected chi connectivity index (χ4v) is 10.8. The van der Waals surface area contributed by atoms with Crippen molar-refractivity contribution in [2.24, 2.45) is 5.92 Å². The van der Waals surface area contributed by atoms with Crippen molar-refractivity contribution in [2.45, 2.75) is 108 Å². The largest absolute Gasteiger partial charge is 0.452 e. The molecule has 1 aromatic heterocycles. The van der Waals surface area contributed by atoms with Gasteiger partial charge >= 0.3 is 6.03 Å². The highest BCUT2D eigenvalue weighted by Gasteiger charge is 2.50. The Hall–Kier alpha value is -2.10. The zero-order valence-electron chi connectivity index (χ0n) is 23.4. The van der Waals surface area contributed by atoms with Crippen molar-refractivity contribution in [3.8, 4) is 0 Å². The van der Waals surface area contributed by atoms with Crippen molar-refractivity contribution in [3.63, 3.8) is 0 Å². The zero-order valence-corrected chi connectivity index (χ0v) is 25.2. The molecule has 2 aliphatic carbocycles. The van der Waals surface area contributed by atoms with Gasteiger partial charge in [-0.1, -0.05) is 52.2 Å². The van der Waals surface area contributed by atoms with Crippen molar-refractivity contribution in [2.75, 3.05) is 5.32 Å². The van der Waals surface area contributed by atoms with Gasteiger partial charge < -0.3 is 14.8 Å². The standard InChI is InChI=1S/C28H43N3O4SSi/c1-27(2,3)37(6,7)31(36(29,34)24-17-22(18-35-24)28(4,5)33)26(32)30-25-21(16-19-10-8-11-19)15-14-20-12-9-13-23(20)25/h14-15,17-19,29,33H,8-13,16H2,1-7H3,(H,30,32). The molecule has 2 aromatic rings. The van der Waals surface area contributed by atoms with Gasteiger partial charge in [0.1, 0.15) is 0 Å². The van der Waals surface area contributed by atoms with E-state index < -0.39 is 29.8 Å². The molecular formula is C28H43N3O4SSi. The van der Waals surface area contributed by atoms with Crippen LogP contribution in [0.2, 0.25) is 18.1 Å². The van der Waals surface area contributed by atoms with Gasteiger partial charge in [0, 0.05) is 17.3 Å². The molecule has 0 aliphatic heterocycles. The van der Waals surface area contributed by atoms with Gasteiger partial charge in [-0.15, -0.1) is 0 Å². The van der Waals surface area contributed by atoms with Crippen LogP contribution in [0.25, 0.3) is 0 Å². The van der Waals surface area contributed by atoms with Crippen molar-refractivity contribution < 1.29 is 18.5 Å². The van der Waals surface area contributed by atoms with Crippen LogP contribution in [0, 0.1) is 10.7 Å². The SMILES string of the molecule is CC(C)(O)c1coc(S(=N)(=O)N(C(=O)Nc2c(CC3CCC3)ccc3c2CCC3)[Si](C)(C)C(C)(C)C)c1. The maximum absolute atomic E-state index is 14.3. The lowest BCUT2D eigenvalue weighted by Gasteiger charge is -2.45. The second-order valence-electron chi connectivity index (χ2n) is 12.9. The molecule has 0 radical (unpaired) electrons. The van der Waals surface area contributed by atoms with Crippen LogP contribution in [-0.4, -0.2) is 27.6 Å². The number of urea groups is 1. The van der Waals surface area contributed by atoms with Gasteiger partial charge in [-0.25, -0.2) is 13.8 Å². The number of furan rings is 1. The molecule has 7 nitrogen and oxygen atoms in total. The second kappa shape index (κ2) is 9.57. The molecule has 3 N–H and O–H groups in total. The first-order valence-electron chi connectivity index (χ1n) is 13.4. The van der Waals surface area contributed by atoms with E-state index in [1.54, 1.807) is 13.8 Å². The molecule has 204 valence electrons. The van der Waals surface area contributed by atoms with Crippen molar-refractivity contribution in [3.05, 3.63) is 46.7 Å². The third-order valence-electron chi connectivity index (χ3n) is 8.67. The average Bonchev–Trinajstić information content (AvgIpc) is 3.40. The van der Waals surface area contributed by atoms with E-state index in [-0.39, 0.29) is 10.1 Å². The van der Waals surface area contributed by atoms with Gasteiger partial charge in [0.2, 0.25) is 5.09 Å². The first-order chi connectivity index (χ1) is 17.0. The topological polar surface area (TPSA) is 107 Å². The minimum atomic E-state index is -3.84. The fraction of sp³-hybridized carbons (Fsp3) is 0.607. The highest BCUT2D eigenvalue weighted by atomic mass is 32.2. The Morgan fingerprint density at radius 2 is 1.86 bits per heavy atom. The van der Waals surface area contributed by atoms with Gasteiger partial charge in [-0.3, -0.25) is 3.97 Å². The molecule has 0 bridgehead atoms. The molecule has 1 atom stereocenters. The first kappa shape index (κ1) is 27.9. The minimum Gasteiger partial charge on any atom is -0.452 e. The predicted octanol–water partition coefficient (Wildman–Crippen LogP) is 7.20. The summed E-state index contributed by atoms with van der Waals surface area (Å²) >= 11 is 0. The van der Waals surface area contributed by atoms with E-state index in [0.29, 0.717) is 11.5 Å². The summed E-state index contributed by atoms with van der Waals surface area (Å²) in [5.74, 6) is 0.635. The third kappa shape index (κ3) is 5.27. The highest BCUT2D eigenvalue weighted by molar-refractivity contribution is 7.92. The minimum absolute atomic E-state index is 0.113. The molecule has 9 heteroatoms. The van der Waals surface area contributed by atoms with Crippen LogP contribution in [0.3, 0.4) is 0 Å². The van der Waals surface area contributed by atoms with Crippen LogP contribution in [0.1, 0.15) is 82.6 Å². The Kier molecular flexibility index (Phi) is 7.22. The average molecular weight is 546 g/mol. The number of carbonyl (C=O) groups is 1. The summed E-state index contributed by atoms with van der Waals surface area (Å²) < 4.78 is 30.3. The smallest absolute Gasteiger partial charge is 0.326 e. The number of anilines is 1. The zero-order chi connectivity index (χ0) is 27.4. The monoisotopic (exact) mass is 545 g/mol. The van der Waals surface area contributed by atoms with Crippen molar-refractivity contribution in [1.29, 1.82) is 4.78 Å². The summed E-state index contributed by atoms with van der Waals surface area (Å²) in [7, 11) is -6.68. The van der Waals surface area contributed by atoms with Crippen LogP contribution in [0.5, 0.6) is 0 Å². The van der Waals surface area contributed by atoms with E-state index in [4.69, 9.17) is 9.20 Å². The predicted molar refractivity (Wildman–Crippen MR) is 151 cm³/mol. The van der Waals surface area contributed by atoms with Gasteiger partial charge in [-0.2, -0.15) is 0 Å². The number of aryl methyl sites for hydroxylation is 1. The molecular weight excluding hydrogens is 502 g/mol. The van der Waals surface area contributed by atoms with Crippen LogP contribution in [0.4, 0.5) is 10.5 Å². The Morgan fingerprint density at radius 1 is 1.19 bits per heavy atom. The number of amides is 2. The van der Waals surface area contributed by atoms with Gasteiger partial charge in [0.05, 0.1) is 11.9 Å². The first-order valence-corrected chi connectivity index (χ1v) is 17.8. The number of rotatable bonds is 7. The molecule has 1 heterocycles. The van der Waals surface area contributed by atoms with Gasteiger partial charge in [0.15, 0.2) is 18.2 Å². The summed E-state index contributed by atoms with van der Waals surface area (Å²) in [4.78, 5) is 14.2. The van der Waals surface area contributed by atoms with Crippen molar-refractivity contribution >= 4 is 29.9 Å². The number of aliphatic hydroxyl groups is 1. The number of carbonyl (C=O) groups excluding carboxylic acids is 1. The lowest BCUT2D eigenvalue weighted by atomic mass is 9.80. The number of fused-ring (bicyclic) bond motifs is 1.